The summed E-state index contributed by atoms with van der Waals surface area (Å²) in [4.78, 5) is 24.7. The monoisotopic (exact) mass is 362 g/mol. The molecule has 0 saturated heterocycles. The van der Waals surface area contributed by atoms with E-state index in [2.05, 4.69) is 10.4 Å². The number of aromatic nitrogens is 2. The largest absolute Gasteiger partial charge is 0.368 e. The van der Waals surface area contributed by atoms with Crippen LogP contribution in [0.5, 0.6) is 0 Å². The third kappa shape index (κ3) is 4.59. The van der Waals surface area contributed by atoms with Crippen LogP contribution in [0.2, 0.25) is 0 Å². The fraction of sp³-hybridized carbons (Fsp3) is 0.526. The Morgan fingerprint density at radius 1 is 1.27 bits per heavy atom. The lowest BCUT2D eigenvalue weighted by Crippen LogP contribution is -2.48. The number of unbranched alkanes of at least 4 members (excludes halogenated alkanes) is 2. The number of nitrogens with two attached hydrogens (primary N) is 1. The van der Waals surface area contributed by atoms with Crippen molar-refractivity contribution in [1.29, 1.82) is 0 Å². The van der Waals surface area contributed by atoms with Gasteiger partial charge < -0.3 is 11.1 Å². The first-order chi connectivity index (χ1) is 12.5. The summed E-state index contributed by atoms with van der Waals surface area (Å²) in [6, 6.07) is 6.63. The van der Waals surface area contributed by atoms with Gasteiger partial charge in [0.05, 0.1) is 12.2 Å². The van der Waals surface area contributed by atoms with Gasteiger partial charge >= 0.3 is 0 Å². The lowest BCUT2D eigenvalue weighted by molar-refractivity contribution is -0.120. The van der Waals surface area contributed by atoms with Crippen LogP contribution in [0.1, 0.15) is 50.0 Å². The van der Waals surface area contributed by atoms with Crippen LogP contribution in [0.25, 0.3) is 10.9 Å². The molecule has 1 aromatic heterocycles. The molecule has 142 valence electrons. The number of aryl methyl sites for hydroxylation is 1. The number of nitrogens with one attached hydrogen (secondary N) is 1. The number of amides is 2. The summed E-state index contributed by atoms with van der Waals surface area (Å²) in [7, 11) is 0. The first kappa shape index (κ1) is 19.9. The summed E-state index contributed by atoms with van der Waals surface area (Å²) >= 11 is 0. The maximum atomic E-state index is 12.9. The van der Waals surface area contributed by atoms with Crippen LogP contribution < -0.4 is 11.1 Å². The highest BCUT2D eigenvalue weighted by Gasteiger charge is 2.27. The number of hydrogen-bond donors (Lipinski definition) is 2. The van der Waals surface area contributed by atoms with Crippen LogP contribution in [0.3, 0.4) is 0 Å². The van der Waals surface area contributed by atoms with Crippen LogP contribution in [-0.2, 0) is 11.3 Å². The minimum Gasteiger partial charge on any atom is -0.368 e. The molecule has 1 aromatic carbocycles. The molecular weight excluding hydrogens is 335 g/mol. The van der Waals surface area contributed by atoms with Gasteiger partial charge in [-0.25, -0.2) is 0 Å². The zero-order chi connectivity index (χ0) is 19.1. The Balaban J connectivity index is 2.30. The van der Waals surface area contributed by atoms with Gasteiger partial charge in [-0.05, 0) is 31.2 Å². The van der Waals surface area contributed by atoms with Gasteiger partial charge in [0.15, 0.2) is 0 Å². The Morgan fingerprint density at radius 3 is 2.65 bits per heavy atom. The van der Waals surface area contributed by atoms with Crippen LogP contribution in [0, 0.1) is 5.92 Å². The predicted molar refractivity (Wildman–Crippen MR) is 99.5 cm³/mol. The van der Waals surface area contributed by atoms with E-state index in [9.17, 15) is 14.0 Å². The van der Waals surface area contributed by atoms with Gasteiger partial charge in [0.25, 0.3) is 5.91 Å². The minimum absolute atomic E-state index is 0.0661. The number of carbonyl (C=O) groups is 2. The number of primary amides is 1. The molecule has 6 nitrogen and oxygen atoms in total. The molecule has 26 heavy (non-hydrogen) atoms. The van der Waals surface area contributed by atoms with E-state index in [0.717, 1.165) is 24.6 Å². The Morgan fingerprint density at radius 2 is 2.00 bits per heavy atom. The van der Waals surface area contributed by atoms with Gasteiger partial charge in [0, 0.05) is 11.9 Å². The van der Waals surface area contributed by atoms with E-state index in [-0.39, 0.29) is 18.5 Å². The number of benzene rings is 1. The van der Waals surface area contributed by atoms with Crippen molar-refractivity contribution in [1.82, 2.24) is 15.1 Å². The van der Waals surface area contributed by atoms with Gasteiger partial charge in [-0.15, -0.1) is 0 Å². The molecule has 1 heterocycles. The summed E-state index contributed by atoms with van der Waals surface area (Å²) in [6.45, 7) is 3.99. The number of nitrogens with zero attached hydrogens (tertiary/aromatic N) is 2. The molecule has 2 amide bonds. The minimum atomic E-state index is -0.735. The van der Waals surface area contributed by atoms with Crippen molar-refractivity contribution in [3.63, 3.8) is 0 Å². The predicted octanol–water partition coefficient (Wildman–Crippen LogP) is 2.81. The van der Waals surface area contributed by atoms with Crippen molar-refractivity contribution in [2.24, 2.45) is 11.7 Å². The summed E-state index contributed by atoms with van der Waals surface area (Å²) in [5.74, 6) is -0.983. The standard InChI is InChI=1S/C19H27FN4O2/c1-3-13(2)16(18(21)25)22-19(26)17-14-9-5-6-10-15(14)23-24(17)12-8-4-7-11-20/h5-6,9-10,13,16H,3-4,7-8,11-12H2,1-2H3,(H2,21,25)(H,22,26)/t13-,16-/m0/s1. The average molecular weight is 362 g/mol. The summed E-state index contributed by atoms with van der Waals surface area (Å²) in [5.41, 5.74) is 6.59. The zero-order valence-electron chi connectivity index (χ0n) is 15.4. The van der Waals surface area contributed by atoms with E-state index in [0.29, 0.717) is 24.2 Å². The molecule has 0 aliphatic heterocycles. The molecule has 7 heteroatoms. The molecule has 2 aromatic rings. The molecule has 3 N–H and O–H groups in total. The zero-order valence-corrected chi connectivity index (χ0v) is 15.4. The number of fused-ring (bicyclic) bond motifs is 1. The Hall–Kier alpha value is -2.44. The van der Waals surface area contributed by atoms with Gasteiger partial charge in [0.2, 0.25) is 5.91 Å². The van der Waals surface area contributed by atoms with Crippen LogP contribution >= 0.6 is 0 Å². The number of hydrogen-bond acceptors (Lipinski definition) is 3. The second-order valence-electron chi connectivity index (χ2n) is 6.58. The maximum absolute atomic E-state index is 12.9. The van der Waals surface area contributed by atoms with Crippen molar-refractivity contribution in [3.05, 3.63) is 30.0 Å². The normalized spacial score (nSPS) is 13.5. The van der Waals surface area contributed by atoms with E-state index in [1.165, 1.54) is 0 Å². The molecule has 0 aliphatic rings. The highest BCUT2D eigenvalue weighted by Crippen LogP contribution is 2.20. The fourth-order valence-corrected chi connectivity index (χ4v) is 2.95. The molecule has 0 radical (unpaired) electrons. The van der Waals surface area contributed by atoms with Crippen molar-refractivity contribution in [2.45, 2.75) is 52.1 Å². The number of halogens is 1. The van der Waals surface area contributed by atoms with E-state index >= 15 is 0 Å². The lowest BCUT2D eigenvalue weighted by Gasteiger charge is -2.21. The summed E-state index contributed by atoms with van der Waals surface area (Å²) < 4.78 is 13.9. The highest BCUT2D eigenvalue weighted by atomic mass is 19.1. The van der Waals surface area contributed by atoms with Gasteiger partial charge in [-0.3, -0.25) is 18.7 Å². The third-order valence-electron chi connectivity index (χ3n) is 4.67. The van der Waals surface area contributed by atoms with Crippen LogP contribution in [0.4, 0.5) is 4.39 Å². The number of carbonyl (C=O) groups excluding carboxylic acids is 2. The van der Waals surface area contributed by atoms with E-state index in [1.54, 1.807) is 4.68 Å². The Labute approximate surface area is 152 Å². The molecule has 2 rings (SSSR count). The maximum Gasteiger partial charge on any atom is 0.270 e. The lowest BCUT2D eigenvalue weighted by atomic mass is 9.98. The number of rotatable bonds is 10. The van der Waals surface area contributed by atoms with Crippen LogP contribution in [-0.4, -0.2) is 34.3 Å². The van der Waals surface area contributed by atoms with Crippen LogP contribution in [0.15, 0.2) is 24.3 Å². The molecule has 2 atom stereocenters. The SMILES string of the molecule is CC[C@H](C)[C@H](NC(=O)c1c2ccccc2nn1CCCCCF)C(N)=O. The molecule has 0 saturated carbocycles. The van der Waals surface area contributed by atoms with Crippen molar-refractivity contribution >= 4 is 22.7 Å². The van der Waals surface area contributed by atoms with Gasteiger partial charge in [-0.2, -0.15) is 5.10 Å². The topological polar surface area (TPSA) is 90.0 Å². The van der Waals surface area contributed by atoms with Gasteiger partial charge in [-0.1, -0.05) is 38.5 Å². The second-order valence-corrected chi connectivity index (χ2v) is 6.58. The van der Waals surface area contributed by atoms with Crippen molar-refractivity contribution in [3.8, 4) is 0 Å². The third-order valence-corrected chi connectivity index (χ3v) is 4.67. The summed E-state index contributed by atoms with van der Waals surface area (Å²) in [5, 5.41) is 7.99. The van der Waals surface area contributed by atoms with Gasteiger partial charge in [0.1, 0.15) is 11.7 Å². The fourth-order valence-electron chi connectivity index (χ4n) is 2.95. The average Bonchev–Trinajstić information content (AvgIpc) is 3.00. The summed E-state index contributed by atoms with van der Waals surface area (Å²) in [6.07, 6.45) is 2.67. The second kappa shape index (κ2) is 9.31. The van der Waals surface area contributed by atoms with E-state index in [4.69, 9.17) is 5.73 Å². The van der Waals surface area contributed by atoms with E-state index in [1.807, 2.05) is 38.1 Å². The Kier molecular flexibility index (Phi) is 7.12. The quantitative estimate of drug-likeness (QED) is 0.637. The molecule has 0 aliphatic carbocycles. The first-order valence-electron chi connectivity index (χ1n) is 9.11. The molecular formula is C19H27FN4O2. The Bertz CT molecular complexity index is 759. The molecule has 0 spiro atoms. The molecule has 0 unspecified atom stereocenters. The molecule has 0 bridgehead atoms. The highest BCUT2D eigenvalue weighted by molar-refractivity contribution is 6.06. The van der Waals surface area contributed by atoms with Crippen molar-refractivity contribution in [2.75, 3.05) is 6.67 Å². The smallest absolute Gasteiger partial charge is 0.270 e. The first-order valence-corrected chi connectivity index (χ1v) is 9.11. The molecule has 0 fully saturated rings. The van der Waals surface area contributed by atoms with E-state index < -0.39 is 11.9 Å². The number of alkyl halides is 1. The van der Waals surface area contributed by atoms with Crippen molar-refractivity contribution < 1.29 is 14.0 Å².